The van der Waals surface area contributed by atoms with E-state index in [9.17, 15) is 0 Å². The van der Waals surface area contributed by atoms with Gasteiger partial charge >= 0.3 is 0 Å². The molecule has 0 atom stereocenters. The number of furan rings is 1. The van der Waals surface area contributed by atoms with E-state index in [0.717, 1.165) is 15.8 Å². The first-order valence-corrected chi connectivity index (χ1v) is 5.48. The Kier molecular flexibility index (Phi) is 1.62. The zero-order chi connectivity index (χ0) is 10.4. The maximum atomic E-state index is 9.04. The lowest BCUT2D eigenvalue weighted by Crippen LogP contribution is -1.75. The fraction of sp³-hybridized carbons (Fsp3) is 0.0833. The van der Waals surface area contributed by atoms with E-state index in [2.05, 4.69) is 12.1 Å². The second-order valence-corrected chi connectivity index (χ2v) is 4.42. The Morgan fingerprint density at radius 3 is 3.00 bits per heavy atom. The maximum absolute atomic E-state index is 9.04. The van der Waals surface area contributed by atoms with Crippen LogP contribution in [0.25, 0.3) is 21.1 Å². The Bertz CT molecular complexity index is 699. The summed E-state index contributed by atoms with van der Waals surface area (Å²) in [4.78, 5) is 0. The first-order chi connectivity index (χ1) is 7.29. The molecule has 0 spiro atoms. The minimum atomic E-state index is 0.619. The molecule has 0 bridgehead atoms. The lowest BCUT2D eigenvalue weighted by Gasteiger charge is -1.94. The lowest BCUT2D eigenvalue weighted by molar-refractivity contribution is 0.578. The number of aryl methyl sites for hydroxylation is 1. The van der Waals surface area contributed by atoms with Gasteiger partial charge in [0.2, 0.25) is 0 Å². The highest BCUT2D eigenvalue weighted by Crippen LogP contribution is 2.33. The molecule has 1 aromatic carbocycles. The number of thiophene rings is 1. The molecule has 0 saturated carbocycles. The number of nitriles is 1. The van der Waals surface area contributed by atoms with Crippen molar-refractivity contribution in [2.24, 2.45) is 0 Å². The van der Waals surface area contributed by atoms with Crippen molar-refractivity contribution in [1.82, 2.24) is 0 Å². The van der Waals surface area contributed by atoms with Crippen molar-refractivity contribution in [3.05, 3.63) is 34.9 Å². The zero-order valence-corrected chi connectivity index (χ0v) is 8.89. The van der Waals surface area contributed by atoms with E-state index in [1.165, 1.54) is 5.39 Å². The molecule has 0 aliphatic carbocycles. The second kappa shape index (κ2) is 2.85. The van der Waals surface area contributed by atoms with Crippen molar-refractivity contribution >= 4 is 32.4 Å². The molecule has 0 amide bonds. The van der Waals surface area contributed by atoms with Gasteiger partial charge in [0.25, 0.3) is 0 Å². The lowest BCUT2D eigenvalue weighted by atomic mass is 10.1. The molecule has 0 saturated heterocycles. The monoisotopic (exact) mass is 213 g/mol. The summed E-state index contributed by atoms with van der Waals surface area (Å²) >= 11 is 1.65. The SMILES string of the molecule is Cc1cc2c(o1)c(C#N)cc1sccc12. The summed E-state index contributed by atoms with van der Waals surface area (Å²) in [5.74, 6) is 0.847. The Balaban J connectivity index is 2.65. The molecule has 0 N–H and O–H groups in total. The molecule has 15 heavy (non-hydrogen) atoms. The zero-order valence-electron chi connectivity index (χ0n) is 8.07. The van der Waals surface area contributed by atoms with Crippen LogP contribution in [0.5, 0.6) is 0 Å². The maximum Gasteiger partial charge on any atom is 0.152 e. The van der Waals surface area contributed by atoms with Gasteiger partial charge in [0, 0.05) is 15.5 Å². The summed E-state index contributed by atoms with van der Waals surface area (Å²) in [5, 5.41) is 13.3. The molecule has 72 valence electrons. The van der Waals surface area contributed by atoms with Gasteiger partial charge in [-0.15, -0.1) is 11.3 Å². The number of hydrogen-bond donors (Lipinski definition) is 0. The van der Waals surface area contributed by atoms with Gasteiger partial charge < -0.3 is 4.42 Å². The molecule has 2 nitrogen and oxygen atoms in total. The van der Waals surface area contributed by atoms with Crippen LogP contribution in [0.15, 0.2) is 28.0 Å². The summed E-state index contributed by atoms with van der Waals surface area (Å²) in [6.07, 6.45) is 0. The number of rotatable bonds is 0. The van der Waals surface area contributed by atoms with Crippen LogP contribution < -0.4 is 0 Å². The van der Waals surface area contributed by atoms with E-state index >= 15 is 0 Å². The highest BCUT2D eigenvalue weighted by Gasteiger charge is 2.11. The Morgan fingerprint density at radius 2 is 2.20 bits per heavy atom. The molecule has 2 aromatic heterocycles. The van der Waals surface area contributed by atoms with E-state index in [1.807, 2.05) is 24.4 Å². The predicted octanol–water partition coefficient (Wildman–Crippen LogP) is 3.83. The molecule has 3 rings (SSSR count). The summed E-state index contributed by atoms with van der Waals surface area (Å²) in [6.45, 7) is 1.90. The van der Waals surface area contributed by atoms with Crippen molar-refractivity contribution in [3.63, 3.8) is 0 Å². The fourth-order valence-electron chi connectivity index (χ4n) is 1.85. The summed E-state index contributed by atoms with van der Waals surface area (Å²) in [7, 11) is 0. The number of fused-ring (bicyclic) bond motifs is 3. The van der Waals surface area contributed by atoms with E-state index < -0.39 is 0 Å². The van der Waals surface area contributed by atoms with Crippen LogP contribution in [-0.4, -0.2) is 0 Å². The number of hydrogen-bond acceptors (Lipinski definition) is 3. The van der Waals surface area contributed by atoms with Crippen LogP contribution in [-0.2, 0) is 0 Å². The molecule has 3 aromatic rings. The highest BCUT2D eigenvalue weighted by atomic mass is 32.1. The molecule has 3 heteroatoms. The molecule has 2 heterocycles. The van der Waals surface area contributed by atoms with Crippen LogP contribution in [0.2, 0.25) is 0 Å². The van der Waals surface area contributed by atoms with E-state index in [4.69, 9.17) is 9.68 Å². The summed E-state index contributed by atoms with van der Waals surface area (Å²) in [6, 6.07) is 8.13. The third kappa shape index (κ3) is 1.09. The Morgan fingerprint density at radius 1 is 1.33 bits per heavy atom. The smallest absolute Gasteiger partial charge is 0.152 e. The van der Waals surface area contributed by atoms with Crippen LogP contribution in [0.1, 0.15) is 11.3 Å². The molecular formula is C12H7NOS. The first kappa shape index (κ1) is 8.51. The van der Waals surface area contributed by atoms with Crippen molar-refractivity contribution in [3.8, 4) is 6.07 Å². The molecule has 0 fully saturated rings. The van der Waals surface area contributed by atoms with Gasteiger partial charge in [0.1, 0.15) is 11.8 Å². The van der Waals surface area contributed by atoms with Gasteiger partial charge in [-0.2, -0.15) is 5.26 Å². The largest absolute Gasteiger partial charge is 0.460 e. The van der Waals surface area contributed by atoms with Gasteiger partial charge in [-0.3, -0.25) is 0 Å². The van der Waals surface area contributed by atoms with Gasteiger partial charge in [-0.25, -0.2) is 0 Å². The van der Waals surface area contributed by atoms with Gasteiger partial charge in [0.15, 0.2) is 5.58 Å². The van der Waals surface area contributed by atoms with Crippen LogP contribution in [0, 0.1) is 18.3 Å². The molecule has 0 aliphatic rings. The third-order valence-electron chi connectivity index (χ3n) is 2.48. The number of nitrogens with zero attached hydrogens (tertiary/aromatic N) is 1. The fourth-order valence-corrected chi connectivity index (χ4v) is 2.69. The quantitative estimate of drug-likeness (QED) is 0.569. The minimum Gasteiger partial charge on any atom is -0.460 e. The van der Waals surface area contributed by atoms with Crippen molar-refractivity contribution in [1.29, 1.82) is 5.26 Å². The molecule has 0 aliphatic heterocycles. The highest BCUT2D eigenvalue weighted by molar-refractivity contribution is 7.17. The molecule has 0 unspecified atom stereocenters. The van der Waals surface area contributed by atoms with Gasteiger partial charge in [0.05, 0.1) is 5.56 Å². The van der Waals surface area contributed by atoms with Gasteiger partial charge in [-0.05, 0) is 30.5 Å². The van der Waals surface area contributed by atoms with Crippen LogP contribution >= 0.6 is 11.3 Å². The van der Waals surface area contributed by atoms with E-state index in [0.29, 0.717) is 11.1 Å². The molecular weight excluding hydrogens is 206 g/mol. The number of benzene rings is 1. The third-order valence-corrected chi connectivity index (χ3v) is 3.34. The first-order valence-electron chi connectivity index (χ1n) is 4.60. The Labute approximate surface area is 90.4 Å². The van der Waals surface area contributed by atoms with Crippen molar-refractivity contribution in [2.45, 2.75) is 6.92 Å². The van der Waals surface area contributed by atoms with Crippen molar-refractivity contribution < 1.29 is 4.42 Å². The molecule has 0 radical (unpaired) electrons. The minimum absolute atomic E-state index is 0.619. The summed E-state index contributed by atoms with van der Waals surface area (Å²) < 4.78 is 6.69. The standard InChI is InChI=1S/C12H7NOS/c1-7-4-10-9-2-3-15-11(9)5-8(6-13)12(10)14-7/h2-5H,1H3. The van der Waals surface area contributed by atoms with Crippen molar-refractivity contribution in [2.75, 3.05) is 0 Å². The average Bonchev–Trinajstić information content (AvgIpc) is 2.80. The normalized spacial score (nSPS) is 10.9. The van der Waals surface area contributed by atoms with E-state index in [-0.39, 0.29) is 0 Å². The predicted molar refractivity (Wildman–Crippen MR) is 61.0 cm³/mol. The van der Waals surface area contributed by atoms with E-state index in [1.54, 1.807) is 11.3 Å². The summed E-state index contributed by atoms with van der Waals surface area (Å²) in [5.41, 5.74) is 1.33. The second-order valence-electron chi connectivity index (χ2n) is 3.47. The van der Waals surface area contributed by atoms with Gasteiger partial charge in [-0.1, -0.05) is 0 Å². The van der Waals surface area contributed by atoms with Crippen LogP contribution in [0.4, 0.5) is 0 Å². The topological polar surface area (TPSA) is 36.9 Å². The average molecular weight is 213 g/mol. The van der Waals surface area contributed by atoms with Crippen LogP contribution in [0.3, 0.4) is 0 Å². The Hall–Kier alpha value is -1.79.